The average molecular weight is 285 g/mol. The SMILES string of the molecule is O=CCc1cnc(Cc2ccccc2C(F)(F)F)s1. The summed E-state index contributed by atoms with van der Waals surface area (Å²) in [6.45, 7) is 0. The highest BCUT2D eigenvalue weighted by molar-refractivity contribution is 7.11. The molecule has 0 saturated carbocycles. The van der Waals surface area contributed by atoms with E-state index in [-0.39, 0.29) is 18.4 Å². The number of alkyl halides is 3. The molecule has 0 amide bonds. The van der Waals surface area contributed by atoms with Crippen molar-refractivity contribution in [2.45, 2.75) is 19.0 Å². The van der Waals surface area contributed by atoms with Crippen molar-refractivity contribution in [3.8, 4) is 0 Å². The Bertz CT molecular complexity index is 577. The third-order valence-corrected chi connectivity index (χ3v) is 3.57. The molecule has 6 heteroatoms. The van der Waals surface area contributed by atoms with Crippen LogP contribution >= 0.6 is 11.3 Å². The van der Waals surface area contributed by atoms with Crippen molar-refractivity contribution < 1.29 is 18.0 Å². The highest BCUT2D eigenvalue weighted by Gasteiger charge is 2.32. The Hall–Kier alpha value is -1.69. The number of thiazole rings is 1. The summed E-state index contributed by atoms with van der Waals surface area (Å²) in [5.74, 6) is 0. The second kappa shape index (κ2) is 5.52. The van der Waals surface area contributed by atoms with Crippen molar-refractivity contribution >= 4 is 17.6 Å². The number of halogens is 3. The van der Waals surface area contributed by atoms with Gasteiger partial charge in [0, 0.05) is 23.9 Å². The molecule has 1 aromatic heterocycles. The first kappa shape index (κ1) is 13.7. The summed E-state index contributed by atoms with van der Waals surface area (Å²) in [5.41, 5.74) is -0.441. The topological polar surface area (TPSA) is 30.0 Å². The molecular formula is C13H10F3NOS. The Kier molecular flexibility index (Phi) is 3.99. The van der Waals surface area contributed by atoms with Crippen LogP contribution in [0.15, 0.2) is 30.5 Å². The molecule has 0 aliphatic carbocycles. The number of hydrogen-bond acceptors (Lipinski definition) is 3. The summed E-state index contributed by atoms with van der Waals surface area (Å²) in [4.78, 5) is 15.2. The number of hydrogen-bond donors (Lipinski definition) is 0. The lowest BCUT2D eigenvalue weighted by atomic mass is 10.0. The Labute approximate surface area is 111 Å². The van der Waals surface area contributed by atoms with E-state index in [1.54, 1.807) is 6.07 Å². The molecule has 0 bridgehead atoms. The number of benzene rings is 1. The van der Waals surface area contributed by atoms with Gasteiger partial charge in [-0.1, -0.05) is 18.2 Å². The van der Waals surface area contributed by atoms with Crippen molar-refractivity contribution in [2.24, 2.45) is 0 Å². The van der Waals surface area contributed by atoms with Crippen LogP contribution < -0.4 is 0 Å². The van der Waals surface area contributed by atoms with Gasteiger partial charge in [0.05, 0.1) is 10.6 Å². The Morgan fingerprint density at radius 3 is 2.68 bits per heavy atom. The number of aldehydes is 1. The molecular weight excluding hydrogens is 275 g/mol. The van der Waals surface area contributed by atoms with Crippen LogP contribution in [0.3, 0.4) is 0 Å². The Balaban J connectivity index is 2.25. The van der Waals surface area contributed by atoms with Gasteiger partial charge >= 0.3 is 6.18 Å². The monoisotopic (exact) mass is 285 g/mol. The predicted octanol–water partition coefficient (Wildman–Crippen LogP) is 3.49. The molecule has 0 spiro atoms. The van der Waals surface area contributed by atoms with E-state index in [1.807, 2.05) is 0 Å². The van der Waals surface area contributed by atoms with Crippen LogP contribution in [0.1, 0.15) is 21.0 Å². The van der Waals surface area contributed by atoms with Gasteiger partial charge in [-0.2, -0.15) is 13.2 Å². The van der Waals surface area contributed by atoms with Gasteiger partial charge in [-0.3, -0.25) is 0 Å². The number of carbonyl (C=O) groups excluding carboxylic acids is 1. The molecule has 0 fully saturated rings. The fraction of sp³-hybridized carbons (Fsp3) is 0.231. The molecule has 0 atom stereocenters. The minimum atomic E-state index is -4.36. The number of aromatic nitrogens is 1. The van der Waals surface area contributed by atoms with Crippen molar-refractivity contribution in [3.63, 3.8) is 0 Å². The Morgan fingerprint density at radius 2 is 2.00 bits per heavy atom. The predicted molar refractivity (Wildman–Crippen MR) is 66.1 cm³/mol. The van der Waals surface area contributed by atoms with Gasteiger partial charge in [0.15, 0.2) is 0 Å². The molecule has 0 radical (unpaired) electrons. The summed E-state index contributed by atoms with van der Waals surface area (Å²) in [5, 5.41) is 0.577. The van der Waals surface area contributed by atoms with E-state index in [0.717, 1.165) is 17.2 Å². The second-order valence-corrected chi connectivity index (χ2v) is 5.12. The summed E-state index contributed by atoms with van der Waals surface area (Å²) >= 11 is 1.26. The van der Waals surface area contributed by atoms with E-state index in [4.69, 9.17) is 0 Å². The molecule has 2 nitrogen and oxygen atoms in total. The van der Waals surface area contributed by atoms with Gasteiger partial charge in [0.25, 0.3) is 0 Å². The third kappa shape index (κ3) is 3.41. The first-order valence-corrected chi connectivity index (χ1v) is 6.34. The van der Waals surface area contributed by atoms with Crippen molar-refractivity contribution in [3.05, 3.63) is 51.5 Å². The lowest BCUT2D eigenvalue weighted by Gasteiger charge is -2.11. The largest absolute Gasteiger partial charge is 0.416 e. The van der Waals surface area contributed by atoms with E-state index in [9.17, 15) is 18.0 Å². The smallest absolute Gasteiger partial charge is 0.303 e. The van der Waals surface area contributed by atoms with E-state index in [2.05, 4.69) is 4.98 Å². The molecule has 1 aromatic carbocycles. The highest BCUT2D eigenvalue weighted by atomic mass is 32.1. The lowest BCUT2D eigenvalue weighted by Crippen LogP contribution is -2.09. The van der Waals surface area contributed by atoms with Crippen LogP contribution in [-0.4, -0.2) is 11.3 Å². The zero-order chi connectivity index (χ0) is 13.9. The minimum absolute atomic E-state index is 0.124. The first-order chi connectivity index (χ1) is 9.00. The van der Waals surface area contributed by atoms with Gasteiger partial charge in [0.2, 0.25) is 0 Å². The average Bonchev–Trinajstić information content (AvgIpc) is 2.76. The maximum atomic E-state index is 12.8. The van der Waals surface area contributed by atoms with E-state index >= 15 is 0 Å². The maximum absolute atomic E-state index is 12.8. The molecule has 0 aliphatic heterocycles. The number of rotatable bonds is 4. The number of carbonyl (C=O) groups is 1. The van der Waals surface area contributed by atoms with Crippen molar-refractivity contribution in [2.75, 3.05) is 0 Å². The molecule has 0 saturated heterocycles. The quantitative estimate of drug-likeness (QED) is 0.805. The zero-order valence-electron chi connectivity index (χ0n) is 9.78. The van der Waals surface area contributed by atoms with Crippen LogP contribution in [0, 0.1) is 0 Å². The molecule has 19 heavy (non-hydrogen) atoms. The first-order valence-electron chi connectivity index (χ1n) is 5.53. The van der Waals surface area contributed by atoms with Gasteiger partial charge in [0.1, 0.15) is 6.29 Å². The zero-order valence-corrected chi connectivity index (χ0v) is 10.6. The summed E-state index contributed by atoms with van der Waals surface area (Å²) < 4.78 is 38.4. The molecule has 0 unspecified atom stereocenters. The van der Waals surface area contributed by atoms with E-state index in [1.165, 1.54) is 29.7 Å². The maximum Gasteiger partial charge on any atom is 0.416 e. The van der Waals surface area contributed by atoms with Crippen LogP contribution in [0.4, 0.5) is 13.2 Å². The molecule has 1 heterocycles. The molecule has 2 rings (SSSR count). The lowest BCUT2D eigenvalue weighted by molar-refractivity contribution is -0.138. The van der Waals surface area contributed by atoms with Crippen molar-refractivity contribution in [1.82, 2.24) is 4.98 Å². The molecule has 100 valence electrons. The molecule has 2 aromatic rings. The summed E-state index contributed by atoms with van der Waals surface area (Å²) in [7, 11) is 0. The third-order valence-electron chi connectivity index (χ3n) is 2.55. The van der Waals surface area contributed by atoms with Gasteiger partial charge < -0.3 is 4.79 Å². The van der Waals surface area contributed by atoms with Crippen LogP contribution in [-0.2, 0) is 23.8 Å². The van der Waals surface area contributed by atoms with E-state index < -0.39 is 11.7 Å². The van der Waals surface area contributed by atoms with Crippen LogP contribution in [0.5, 0.6) is 0 Å². The second-order valence-electron chi connectivity index (χ2n) is 3.92. The fourth-order valence-electron chi connectivity index (χ4n) is 1.72. The molecule has 0 N–H and O–H groups in total. The van der Waals surface area contributed by atoms with E-state index in [0.29, 0.717) is 5.01 Å². The standard InChI is InChI=1S/C13H10F3NOS/c14-13(15,16)11-4-2-1-3-9(11)7-12-17-8-10(19-12)5-6-18/h1-4,6,8H,5,7H2. The summed E-state index contributed by atoms with van der Waals surface area (Å²) in [6.07, 6.45) is -1.71. The van der Waals surface area contributed by atoms with Gasteiger partial charge in [-0.05, 0) is 11.6 Å². The van der Waals surface area contributed by atoms with Crippen LogP contribution in [0.2, 0.25) is 0 Å². The van der Waals surface area contributed by atoms with Crippen molar-refractivity contribution in [1.29, 1.82) is 0 Å². The fourth-order valence-corrected chi connectivity index (χ4v) is 2.61. The normalized spacial score (nSPS) is 11.5. The molecule has 0 aliphatic rings. The summed E-state index contributed by atoms with van der Waals surface area (Å²) in [6, 6.07) is 5.45. The number of nitrogens with zero attached hydrogens (tertiary/aromatic N) is 1. The Morgan fingerprint density at radius 1 is 1.26 bits per heavy atom. The van der Waals surface area contributed by atoms with Gasteiger partial charge in [-0.25, -0.2) is 4.98 Å². The minimum Gasteiger partial charge on any atom is -0.303 e. The highest BCUT2D eigenvalue weighted by Crippen LogP contribution is 2.33. The van der Waals surface area contributed by atoms with Crippen LogP contribution in [0.25, 0.3) is 0 Å². The van der Waals surface area contributed by atoms with Gasteiger partial charge in [-0.15, -0.1) is 11.3 Å².